The molecule has 0 aromatic heterocycles. The van der Waals surface area contributed by atoms with Crippen molar-refractivity contribution in [2.45, 2.75) is 24.7 Å². The first-order valence-corrected chi connectivity index (χ1v) is 11.1. The summed E-state index contributed by atoms with van der Waals surface area (Å²) in [6.45, 7) is 0. The summed E-state index contributed by atoms with van der Waals surface area (Å²) in [6.07, 6.45) is 1.04. The fourth-order valence-electron chi connectivity index (χ4n) is 5.39. The highest BCUT2D eigenvalue weighted by Crippen LogP contribution is 2.57. The normalized spacial score (nSPS) is 21.9. The molecule has 7 nitrogen and oxygen atoms in total. The number of esters is 1. The lowest BCUT2D eigenvalue weighted by Gasteiger charge is -2.44. The van der Waals surface area contributed by atoms with Gasteiger partial charge in [-0.25, -0.2) is 9.18 Å². The average Bonchev–Trinajstić information content (AvgIpc) is 3.03. The fraction of sp³-hybridized carbons (Fsp3) is 0.240. The first kappa shape index (κ1) is 22.2. The third kappa shape index (κ3) is 2.72. The van der Waals surface area contributed by atoms with E-state index in [1.807, 2.05) is 0 Å². The maximum Gasteiger partial charge on any atom is 0.339 e. The first-order valence-electron chi connectivity index (χ1n) is 10.7. The molecule has 2 N–H and O–H groups in total. The number of carbonyl (C=O) groups is 3. The molecule has 2 aromatic carbocycles. The van der Waals surface area contributed by atoms with Gasteiger partial charge in [-0.15, -0.1) is 0 Å². The Morgan fingerprint density at radius 2 is 1.88 bits per heavy atom. The van der Waals surface area contributed by atoms with Crippen LogP contribution >= 0.6 is 11.6 Å². The standard InChI is InChI=1S/C25H21ClFN3O4/c1-29-16-7-4-3-6-14(16)25(24(29)33)20-18(8-5-9-19(20)31)30(22(28)21(25)23(32)34-2)17-11-10-13(26)12-15(17)27/h3-4,6-7,10-12H,5,8-9,28H2,1-2H3. The Morgan fingerprint density at radius 1 is 1.15 bits per heavy atom. The number of benzene rings is 2. The Hall–Kier alpha value is -3.65. The molecule has 3 aliphatic rings. The number of halogens is 2. The molecular formula is C25H21ClFN3O4. The molecule has 5 rings (SSSR count). The molecule has 174 valence electrons. The van der Waals surface area contributed by atoms with Gasteiger partial charge in [-0.3, -0.25) is 14.5 Å². The number of anilines is 2. The van der Waals surface area contributed by atoms with Gasteiger partial charge in [-0.05, 0) is 37.1 Å². The Morgan fingerprint density at radius 3 is 2.59 bits per heavy atom. The number of fused-ring (bicyclic) bond motifs is 3. The van der Waals surface area contributed by atoms with Crippen LogP contribution in [0, 0.1) is 5.82 Å². The number of Topliss-reactive ketones (excluding diaryl/α,β-unsaturated/α-hetero) is 1. The van der Waals surface area contributed by atoms with Crippen molar-refractivity contribution >= 4 is 40.6 Å². The van der Waals surface area contributed by atoms with E-state index < -0.39 is 23.1 Å². The maximum absolute atomic E-state index is 15.1. The predicted molar refractivity (Wildman–Crippen MR) is 125 cm³/mol. The number of para-hydroxylation sites is 1. The van der Waals surface area contributed by atoms with Crippen LogP contribution in [0.3, 0.4) is 0 Å². The molecule has 1 aliphatic carbocycles. The number of ether oxygens (including phenoxy) is 1. The number of ketones is 1. The molecule has 1 amide bonds. The largest absolute Gasteiger partial charge is 0.466 e. The third-order valence-electron chi connectivity index (χ3n) is 6.74. The number of carbonyl (C=O) groups excluding carboxylic acids is 3. The quantitative estimate of drug-likeness (QED) is 0.659. The van der Waals surface area contributed by atoms with E-state index in [-0.39, 0.29) is 39.9 Å². The van der Waals surface area contributed by atoms with E-state index in [1.165, 1.54) is 29.0 Å². The number of methoxy groups -OCH3 is 1. The number of rotatable bonds is 2. The van der Waals surface area contributed by atoms with E-state index in [0.717, 1.165) is 6.07 Å². The summed E-state index contributed by atoms with van der Waals surface area (Å²) < 4.78 is 20.2. The monoisotopic (exact) mass is 481 g/mol. The van der Waals surface area contributed by atoms with E-state index in [1.54, 1.807) is 31.3 Å². The average molecular weight is 482 g/mol. The highest BCUT2D eigenvalue weighted by atomic mass is 35.5. The van der Waals surface area contributed by atoms with Crippen LogP contribution in [-0.2, 0) is 24.5 Å². The van der Waals surface area contributed by atoms with Crippen molar-refractivity contribution in [1.82, 2.24) is 0 Å². The van der Waals surface area contributed by atoms with E-state index >= 15 is 4.39 Å². The van der Waals surface area contributed by atoms with Crippen molar-refractivity contribution in [1.29, 1.82) is 0 Å². The molecule has 2 aromatic rings. The van der Waals surface area contributed by atoms with Crippen LogP contribution in [0.15, 0.2) is 65.1 Å². The van der Waals surface area contributed by atoms with E-state index in [0.29, 0.717) is 29.8 Å². The van der Waals surface area contributed by atoms with Crippen LogP contribution in [0.2, 0.25) is 5.02 Å². The van der Waals surface area contributed by atoms with E-state index in [4.69, 9.17) is 22.1 Å². The van der Waals surface area contributed by atoms with Gasteiger partial charge in [0.05, 0.1) is 12.8 Å². The van der Waals surface area contributed by atoms with Crippen LogP contribution in [0.5, 0.6) is 0 Å². The van der Waals surface area contributed by atoms with Gasteiger partial charge in [0.25, 0.3) is 0 Å². The number of amides is 1. The van der Waals surface area contributed by atoms with Gasteiger partial charge in [0.15, 0.2) is 5.78 Å². The number of nitrogens with zero attached hydrogens (tertiary/aromatic N) is 2. The number of hydrogen-bond acceptors (Lipinski definition) is 6. The summed E-state index contributed by atoms with van der Waals surface area (Å²) >= 11 is 5.95. The predicted octanol–water partition coefficient (Wildman–Crippen LogP) is 3.56. The van der Waals surface area contributed by atoms with Crippen molar-refractivity contribution < 1.29 is 23.5 Å². The lowest BCUT2D eigenvalue weighted by molar-refractivity contribution is -0.138. The molecule has 0 radical (unpaired) electrons. The molecule has 1 atom stereocenters. The van der Waals surface area contributed by atoms with Crippen molar-refractivity contribution in [2.75, 3.05) is 24.0 Å². The summed E-state index contributed by atoms with van der Waals surface area (Å²) in [4.78, 5) is 43.6. The molecule has 0 saturated carbocycles. The Kier molecular flexibility index (Phi) is 5.02. The number of likely N-dealkylation sites (N-methyl/N-ethyl adjacent to an activating group) is 1. The Labute approximate surface area is 200 Å². The first-order chi connectivity index (χ1) is 16.2. The second-order valence-electron chi connectivity index (χ2n) is 8.41. The number of allylic oxidation sites excluding steroid dienone is 1. The zero-order chi connectivity index (χ0) is 24.4. The summed E-state index contributed by atoms with van der Waals surface area (Å²) in [5, 5.41) is 0.181. The van der Waals surface area contributed by atoms with Gasteiger partial charge >= 0.3 is 5.97 Å². The maximum atomic E-state index is 15.1. The minimum absolute atomic E-state index is 0.0208. The zero-order valence-corrected chi connectivity index (χ0v) is 19.3. The summed E-state index contributed by atoms with van der Waals surface area (Å²) in [5.41, 5.74) is 6.16. The summed E-state index contributed by atoms with van der Waals surface area (Å²) in [6, 6.07) is 11.0. The highest BCUT2D eigenvalue weighted by molar-refractivity contribution is 6.30. The Bertz CT molecular complexity index is 1350. The van der Waals surface area contributed by atoms with Crippen molar-refractivity contribution in [3.8, 4) is 0 Å². The lowest BCUT2D eigenvalue weighted by atomic mass is 9.63. The van der Waals surface area contributed by atoms with Crippen molar-refractivity contribution in [2.24, 2.45) is 5.73 Å². The molecule has 34 heavy (non-hydrogen) atoms. The second-order valence-corrected chi connectivity index (χ2v) is 8.85. The van der Waals surface area contributed by atoms with Gasteiger partial charge in [0, 0.05) is 41.0 Å². The second kappa shape index (κ2) is 7.70. The van der Waals surface area contributed by atoms with Crippen molar-refractivity contribution in [3.05, 3.63) is 81.5 Å². The minimum atomic E-state index is -1.78. The van der Waals surface area contributed by atoms with Crippen LogP contribution in [0.4, 0.5) is 15.8 Å². The van der Waals surface area contributed by atoms with Gasteiger partial charge in [0.2, 0.25) is 5.91 Å². The molecule has 0 bridgehead atoms. The summed E-state index contributed by atoms with van der Waals surface area (Å²) in [7, 11) is 2.75. The van der Waals surface area contributed by atoms with Crippen LogP contribution in [-0.4, -0.2) is 31.8 Å². The molecule has 9 heteroatoms. The van der Waals surface area contributed by atoms with Crippen LogP contribution in [0.1, 0.15) is 24.8 Å². The third-order valence-corrected chi connectivity index (χ3v) is 6.97. The molecule has 2 aliphatic heterocycles. The molecular weight excluding hydrogens is 461 g/mol. The Balaban J connectivity index is 1.93. The van der Waals surface area contributed by atoms with Gasteiger partial charge in [-0.2, -0.15) is 0 Å². The van der Waals surface area contributed by atoms with E-state index in [9.17, 15) is 14.4 Å². The fourth-order valence-corrected chi connectivity index (χ4v) is 5.55. The van der Waals surface area contributed by atoms with Crippen molar-refractivity contribution in [3.63, 3.8) is 0 Å². The van der Waals surface area contributed by atoms with Gasteiger partial charge in [-0.1, -0.05) is 29.8 Å². The molecule has 0 saturated heterocycles. The lowest BCUT2D eigenvalue weighted by Crippen LogP contribution is -2.54. The number of hydrogen-bond donors (Lipinski definition) is 1. The summed E-state index contributed by atoms with van der Waals surface area (Å²) in [5.74, 6) is -2.51. The van der Waals surface area contributed by atoms with E-state index in [2.05, 4.69) is 0 Å². The SMILES string of the molecule is COC(=O)C1=C(N)N(c2ccc(Cl)cc2F)C2=C(C(=O)CCC2)C12C(=O)N(C)c1ccccc12. The van der Waals surface area contributed by atoms with Crippen LogP contribution in [0.25, 0.3) is 0 Å². The smallest absolute Gasteiger partial charge is 0.339 e. The molecule has 1 spiro atoms. The van der Waals surface area contributed by atoms with Crippen LogP contribution < -0.4 is 15.5 Å². The molecule has 2 heterocycles. The topological polar surface area (TPSA) is 92.9 Å². The zero-order valence-electron chi connectivity index (χ0n) is 18.5. The minimum Gasteiger partial charge on any atom is -0.466 e. The molecule has 1 unspecified atom stereocenters. The number of nitrogens with two attached hydrogens (primary N) is 1. The molecule has 0 fully saturated rings. The van der Waals surface area contributed by atoms with Gasteiger partial charge in [0.1, 0.15) is 22.6 Å². The highest BCUT2D eigenvalue weighted by Gasteiger charge is 2.63. The van der Waals surface area contributed by atoms with Gasteiger partial charge < -0.3 is 15.4 Å².